The maximum absolute atomic E-state index is 4.88. The molecule has 0 aliphatic carbocycles. The van der Waals surface area contributed by atoms with E-state index in [4.69, 9.17) is 4.98 Å². The van der Waals surface area contributed by atoms with Crippen LogP contribution in [-0.4, -0.2) is 37.1 Å². The van der Waals surface area contributed by atoms with Gasteiger partial charge in [0.25, 0.3) is 0 Å². The Morgan fingerprint density at radius 2 is 2.05 bits per heavy atom. The lowest BCUT2D eigenvalue weighted by molar-refractivity contribution is 0.735. The van der Waals surface area contributed by atoms with E-state index in [0.717, 1.165) is 36.2 Å². The van der Waals surface area contributed by atoms with Crippen molar-refractivity contribution >= 4 is 28.2 Å². The Labute approximate surface area is 135 Å². The van der Waals surface area contributed by atoms with Crippen LogP contribution in [0.5, 0.6) is 0 Å². The number of hydrogen-bond donors (Lipinski definition) is 1. The highest BCUT2D eigenvalue weighted by molar-refractivity contribution is 7.98. The molecule has 0 spiro atoms. The van der Waals surface area contributed by atoms with Crippen LogP contribution in [-0.2, 0) is 6.54 Å². The van der Waals surface area contributed by atoms with Crippen molar-refractivity contribution in [3.63, 3.8) is 0 Å². The smallest absolute Gasteiger partial charge is 0.185 e. The van der Waals surface area contributed by atoms with Gasteiger partial charge < -0.3 is 10.2 Å². The Balaban J connectivity index is 2.26. The van der Waals surface area contributed by atoms with E-state index >= 15 is 0 Å². The van der Waals surface area contributed by atoms with Crippen molar-refractivity contribution in [1.82, 2.24) is 10.3 Å². The average Bonchev–Trinajstić information content (AvgIpc) is 2.95. The van der Waals surface area contributed by atoms with Gasteiger partial charge in [-0.2, -0.15) is 11.8 Å². The Kier molecular flexibility index (Phi) is 6.54. The first-order chi connectivity index (χ1) is 10.3. The van der Waals surface area contributed by atoms with Crippen LogP contribution in [0.15, 0.2) is 30.3 Å². The molecule has 0 amide bonds. The van der Waals surface area contributed by atoms with Crippen LogP contribution in [0.3, 0.4) is 0 Å². The fraction of sp³-hybridized carbons (Fsp3) is 0.438. The molecule has 0 saturated carbocycles. The van der Waals surface area contributed by atoms with Crippen molar-refractivity contribution in [3.05, 3.63) is 35.2 Å². The normalized spacial score (nSPS) is 10.8. The molecule has 0 radical (unpaired) electrons. The molecule has 3 nitrogen and oxygen atoms in total. The molecule has 2 rings (SSSR count). The molecular weight excluding hydrogens is 298 g/mol. The van der Waals surface area contributed by atoms with Crippen molar-refractivity contribution in [3.8, 4) is 11.3 Å². The Hall–Kier alpha value is -1.04. The number of hydrogen-bond acceptors (Lipinski definition) is 5. The first kappa shape index (κ1) is 16.3. The number of rotatable bonds is 8. The molecule has 0 aliphatic heterocycles. The van der Waals surface area contributed by atoms with Crippen molar-refractivity contribution < 1.29 is 0 Å². The lowest BCUT2D eigenvalue weighted by atomic mass is 10.1. The van der Waals surface area contributed by atoms with Gasteiger partial charge >= 0.3 is 0 Å². The van der Waals surface area contributed by atoms with Crippen LogP contribution in [0.1, 0.15) is 11.8 Å². The van der Waals surface area contributed by atoms with Crippen LogP contribution < -0.4 is 10.2 Å². The molecule has 21 heavy (non-hydrogen) atoms. The predicted molar refractivity (Wildman–Crippen MR) is 96.6 cm³/mol. The third-order valence-corrected chi connectivity index (χ3v) is 4.99. The summed E-state index contributed by atoms with van der Waals surface area (Å²) in [6.07, 6.45) is 2.14. The summed E-state index contributed by atoms with van der Waals surface area (Å²) < 4.78 is 0. The molecule has 5 heteroatoms. The first-order valence-corrected chi connectivity index (χ1v) is 9.43. The van der Waals surface area contributed by atoms with Gasteiger partial charge in [0.05, 0.1) is 5.69 Å². The zero-order valence-corrected chi connectivity index (χ0v) is 14.6. The van der Waals surface area contributed by atoms with Gasteiger partial charge in [-0.1, -0.05) is 48.6 Å². The quantitative estimate of drug-likeness (QED) is 0.802. The number of nitrogens with one attached hydrogen (secondary N) is 1. The van der Waals surface area contributed by atoms with E-state index in [0.29, 0.717) is 0 Å². The third-order valence-electron chi connectivity index (χ3n) is 3.23. The molecule has 114 valence electrons. The lowest BCUT2D eigenvalue weighted by Crippen LogP contribution is -2.19. The highest BCUT2D eigenvalue weighted by Gasteiger charge is 2.15. The van der Waals surface area contributed by atoms with Crippen LogP contribution in [0.4, 0.5) is 5.13 Å². The fourth-order valence-corrected chi connectivity index (χ4v) is 3.50. The van der Waals surface area contributed by atoms with Gasteiger partial charge in [-0.15, -0.1) is 0 Å². The summed E-state index contributed by atoms with van der Waals surface area (Å²) in [5, 5.41) is 4.53. The second-order valence-corrected chi connectivity index (χ2v) is 6.88. The van der Waals surface area contributed by atoms with E-state index in [2.05, 4.69) is 54.7 Å². The molecule has 2 aromatic rings. The van der Waals surface area contributed by atoms with Gasteiger partial charge in [-0.3, -0.25) is 0 Å². The van der Waals surface area contributed by atoms with E-state index < -0.39 is 0 Å². The number of thioether (sulfide) groups is 1. The second kappa shape index (κ2) is 8.41. The van der Waals surface area contributed by atoms with Crippen molar-refractivity contribution in [2.24, 2.45) is 0 Å². The number of anilines is 1. The van der Waals surface area contributed by atoms with Gasteiger partial charge in [-0.25, -0.2) is 4.98 Å². The van der Waals surface area contributed by atoms with E-state index in [1.54, 1.807) is 11.3 Å². The summed E-state index contributed by atoms with van der Waals surface area (Å²) in [4.78, 5) is 8.45. The Morgan fingerprint density at radius 3 is 2.71 bits per heavy atom. The van der Waals surface area contributed by atoms with Gasteiger partial charge in [0, 0.05) is 36.3 Å². The molecular formula is C16H23N3S2. The van der Waals surface area contributed by atoms with Crippen molar-refractivity contribution in [2.75, 3.05) is 37.0 Å². The van der Waals surface area contributed by atoms with Crippen LogP contribution >= 0.6 is 23.1 Å². The van der Waals surface area contributed by atoms with Gasteiger partial charge in [0.1, 0.15) is 0 Å². The third kappa shape index (κ3) is 4.46. The average molecular weight is 322 g/mol. The minimum absolute atomic E-state index is 0.884. The molecule has 0 aliphatic rings. The lowest BCUT2D eigenvalue weighted by Gasteiger charge is -2.14. The van der Waals surface area contributed by atoms with Gasteiger partial charge in [0.15, 0.2) is 5.13 Å². The zero-order chi connectivity index (χ0) is 15.1. The summed E-state index contributed by atoms with van der Waals surface area (Å²) in [6, 6.07) is 10.5. The molecule has 1 aromatic heterocycles. The minimum atomic E-state index is 0.884. The zero-order valence-electron chi connectivity index (χ0n) is 12.9. The van der Waals surface area contributed by atoms with E-state index in [-0.39, 0.29) is 0 Å². The topological polar surface area (TPSA) is 28.2 Å². The molecule has 0 saturated heterocycles. The van der Waals surface area contributed by atoms with Gasteiger partial charge in [-0.05, 0) is 12.8 Å². The largest absolute Gasteiger partial charge is 0.350 e. The number of thiazole rings is 1. The van der Waals surface area contributed by atoms with E-state index in [9.17, 15) is 0 Å². The first-order valence-electron chi connectivity index (χ1n) is 7.22. The van der Waals surface area contributed by atoms with Crippen LogP contribution in [0.25, 0.3) is 11.3 Å². The molecule has 0 atom stereocenters. The van der Waals surface area contributed by atoms with Crippen molar-refractivity contribution in [2.45, 2.75) is 13.5 Å². The number of nitrogens with zero attached hydrogens (tertiary/aromatic N) is 2. The summed E-state index contributed by atoms with van der Waals surface area (Å²) in [6.45, 7) is 5.02. The predicted octanol–water partition coefficient (Wildman–Crippen LogP) is 3.72. The number of aromatic nitrogens is 1. The summed E-state index contributed by atoms with van der Waals surface area (Å²) >= 11 is 3.66. The van der Waals surface area contributed by atoms with E-state index in [1.807, 2.05) is 17.8 Å². The molecule has 1 heterocycles. The van der Waals surface area contributed by atoms with Gasteiger partial charge in [0.2, 0.25) is 0 Å². The highest BCUT2D eigenvalue weighted by Crippen LogP contribution is 2.32. The molecule has 1 N–H and O–H groups in total. The standard InChI is InChI=1S/C16H23N3S2/c1-4-17-12-14-15(13-8-6-5-7-9-13)18-16(21-14)19(2)10-11-20-3/h5-9,17H,4,10-12H2,1-3H3. The van der Waals surface area contributed by atoms with E-state index in [1.165, 1.54) is 10.4 Å². The maximum Gasteiger partial charge on any atom is 0.185 e. The maximum atomic E-state index is 4.88. The second-order valence-electron chi connectivity index (χ2n) is 4.83. The SMILES string of the molecule is CCNCc1sc(N(C)CCSC)nc1-c1ccccc1. The molecule has 1 aromatic carbocycles. The number of benzene rings is 1. The van der Waals surface area contributed by atoms with Crippen molar-refractivity contribution in [1.29, 1.82) is 0 Å². The summed E-state index contributed by atoms with van der Waals surface area (Å²) in [5.41, 5.74) is 2.32. The minimum Gasteiger partial charge on any atom is -0.350 e. The highest BCUT2D eigenvalue weighted by atomic mass is 32.2. The Morgan fingerprint density at radius 1 is 1.29 bits per heavy atom. The van der Waals surface area contributed by atoms with Crippen LogP contribution in [0, 0.1) is 0 Å². The molecule has 0 fully saturated rings. The molecule has 0 bridgehead atoms. The molecule has 0 unspecified atom stereocenters. The summed E-state index contributed by atoms with van der Waals surface area (Å²) in [7, 11) is 2.13. The monoisotopic (exact) mass is 321 g/mol. The Bertz CT molecular complexity index is 540. The summed E-state index contributed by atoms with van der Waals surface area (Å²) in [5.74, 6) is 1.12. The van der Waals surface area contributed by atoms with Crippen LogP contribution in [0.2, 0.25) is 0 Å². The fourth-order valence-electron chi connectivity index (χ4n) is 2.01.